The van der Waals surface area contributed by atoms with Crippen LogP contribution in [0.5, 0.6) is 0 Å². The summed E-state index contributed by atoms with van der Waals surface area (Å²) in [4.78, 5) is 19.5. The van der Waals surface area contributed by atoms with Crippen LogP contribution in [-0.4, -0.2) is 37.0 Å². The van der Waals surface area contributed by atoms with Crippen LogP contribution in [0.1, 0.15) is 49.7 Å². The van der Waals surface area contributed by atoms with Crippen molar-refractivity contribution in [3.63, 3.8) is 0 Å². The van der Waals surface area contributed by atoms with E-state index < -0.39 is 6.29 Å². The highest BCUT2D eigenvalue weighted by atomic mass is 16.7. The molecule has 0 atom stereocenters. The number of allylic oxidation sites excluding steroid dienone is 1. The zero-order valence-corrected chi connectivity index (χ0v) is 13.9. The van der Waals surface area contributed by atoms with E-state index in [1.807, 2.05) is 19.1 Å². The maximum Gasteiger partial charge on any atom is 0.196 e. The topological polar surface area (TPSA) is 63.7 Å². The van der Waals surface area contributed by atoms with Crippen LogP contribution in [-0.2, 0) is 9.47 Å². The van der Waals surface area contributed by atoms with Crippen molar-refractivity contribution >= 4 is 17.6 Å². The lowest BCUT2D eigenvalue weighted by molar-refractivity contribution is -0.0532. The number of rotatable bonds is 6. The molecular formula is C17H24N2O3. The van der Waals surface area contributed by atoms with Gasteiger partial charge >= 0.3 is 0 Å². The van der Waals surface area contributed by atoms with E-state index in [1.54, 1.807) is 20.4 Å². The zero-order valence-electron chi connectivity index (χ0n) is 13.9. The molecular weight excluding hydrogens is 280 g/mol. The van der Waals surface area contributed by atoms with Gasteiger partial charge in [0.15, 0.2) is 12.1 Å². The summed E-state index contributed by atoms with van der Waals surface area (Å²) in [6.45, 7) is 6.14. The molecule has 1 aromatic rings. The summed E-state index contributed by atoms with van der Waals surface area (Å²) in [5, 5.41) is 0. The Morgan fingerprint density at radius 2 is 2.14 bits per heavy atom. The first-order chi connectivity index (χ1) is 10.4. The summed E-state index contributed by atoms with van der Waals surface area (Å²) in [5.74, 6) is 0.134. The third-order valence-electron chi connectivity index (χ3n) is 3.92. The molecule has 0 unspecified atom stereocenters. The molecule has 1 aliphatic rings. The van der Waals surface area contributed by atoms with E-state index in [-0.39, 0.29) is 11.2 Å². The molecule has 5 heteroatoms. The molecule has 0 aliphatic carbocycles. The van der Waals surface area contributed by atoms with Gasteiger partial charge in [-0.15, -0.1) is 0 Å². The highest BCUT2D eigenvalue weighted by Gasteiger charge is 2.35. The average molecular weight is 304 g/mol. The van der Waals surface area contributed by atoms with Crippen LogP contribution in [0.25, 0.3) is 6.08 Å². The van der Waals surface area contributed by atoms with E-state index >= 15 is 0 Å². The molecule has 0 aromatic carbocycles. The van der Waals surface area contributed by atoms with Gasteiger partial charge in [0.1, 0.15) is 0 Å². The van der Waals surface area contributed by atoms with Crippen molar-refractivity contribution in [3.8, 4) is 0 Å². The third-order valence-corrected chi connectivity index (χ3v) is 3.92. The number of nitrogens with one attached hydrogen (secondary N) is 1. The lowest BCUT2D eigenvalue weighted by Gasteiger charge is -2.19. The van der Waals surface area contributed by atoms with Crippen LogP contribution in [0.2, 0.25) is 0 Å². The first kappa shape index (κ1) is 16.6. The Balaban J connectivity index is 2.29. The number of aromatic nitrogens is 1. The van der Waals surface area contributed by atoms with E-state index in [4.69, 9.17) is 9.47 Å². The van der Waals surface area contributed by atoms with E-state index in [0.717, 1.165) is 23.5 Å². The first-order valence-electron chi connectivity index (χ1n) is 7.48. The minimum Gasteiger partial charge on any atom is -0.361 e. The summed E-state index contributed by atoms with van der Waals surface area (Å²) in [6.07, 6.45) is 4.61. The maximum absolute atomic E-state index is 11.7. The average Bonchev–Trinajstić information content (AvgIpc) is 3.05. The highest BCUT2D eigenvalue weighted by molar-refractivity contribution is 5.96. The highest BCUT2D eigenvalue weighted by Crippen LogP contribution is 2.39. The molecule has 1 aromatic heterocycles. The van der Waals surface area contributed by atoms with Crippen molar-refractivity contribution in [2.45, 2.75) is 39.9 Å². The monoisotopic (exact) mass is 304 g/mol. The quantitative estimate of drug-likeness (QED) is 0.647. The third kappa shape index (κ3) is 3.36. The van der Waals surface area contributed by atoms with Crippen LogP contribution in [0.15, 0.2) is 23.0 Å². The van der Waals surface area contributed by atoms with E-state index in [1.165, 1.54) is 0 Å². The molecule has 1 aliphatic heterocycles. The van der Waals surface area contributed by atoms with Crippen molar-refractivity contribution in [2.24, 2.45) is 10.4 Å². The maximum atomic E-state index is 11.7. The predicted molar refractivity (Wildman–Crippen MR) is 87.0 cm³/mol. The van der Waals surface area contributed by atoms with Gasteiger partial charge in [-0.2, -0.15) is 0 Å². The SMILES string of the molecule is CCC(=O)c1c[nH]c(/C=C2\N=C(C(OC)OC)CC2(C)C)c1. The number of nitrogens with zero attached hydrogens (tertiary/aromatic N) is 1. The van der Waals surface area contributed by atoms with E-state index in [2.05, 4.69) is 23.8 Å². The number of Topliss-reactive ketones (excluding diaryl/α,β-unsaturated/α-hetero) is 1. The molecule has 5 nitrogen and oxygen atoms in total. The van der Waals surface area contributed by atoms with Gasteiger partial charge in [0, 0.05) is 55.6 Å². The molecule has 0 saturated heterocycles. The number of H-pyrrole nitrogens is 1. The summed E-state index contributed by atoms with van der Waals surface area (Å²) < 4.78 is 10.6. The number of aromatic amines is 1. The normalized spacial score (nSPS) is 19.0. The Bertz CT molecular complexity index is 607. The number of hydrogen-bond donors (Lipinski definition) is 1. The molecule has 1 N–H and O–H groups in total. The van der Waals surface area contributed by atoms with Gasteiger partial charge in [-0.05, 0) is 12.1 Å². The zero-order chi connectivity index (χ0) is 16.3. The van der Waals surface area contributed by atoms with Crippen LogP contribution < -0.4 is 0 Å². The van der Waals surface area contributed by atoms with Crippen LogP contribution in [0.3, 0.4) is 0 Å². The van der Waals surface area contributed by atoms with Crippen molar-refractivity contribution in [3.05, 3.63) is 29.2 Å². The number of ketones is 1. The second-order valence-electron chi connectivity index (χ2n) is 6.12. The molecule has 22 heavy (non-hydrogen) atoms. The second-order valence-corrected chi connectivity index (χ2v) is 6.12. The van der Waals surface area contributed by atoms with Gasteiger partial charge in [-0.1, -0.05) is 20.8 Å². The minimum atomic E-state index is -0.411. The van der Waals surface area contributed by atoms with Crippen molar-refractivity contribution in [2.75, 3.05) is 14.2 Å². The summed E-state index contributed by atoms with van der Waals surface area (Å²) in [6, 6.07) is 1.87. The number of methoxy groups -OCH3 is 2. The fraction of sp³-hybridized carbons (Fsp3) is 0.529. The van der Waals surface area contributed by atoms with Crippen LogP contribution in [0, 0.1) is 5.41 Å². The Hall–Kier alpha value is -1.72. The molecule has 0 spiro atoms. The summed E-state index contributed by atoms with van der Waals surface area (Å²) in [5.41, 5.74) is 3.35. The molecule has 2 heterocycles. The largest absolute Gasteiger partial charge is 0.361 e. The Morgan fingerprint density at radius 3 is 2.73 bits per heavy atom. The van der Waals surface area contributed by atoms with Crippen molar-refractivity contribution in [1.82, 2.24) is 4.98 Å². The number of aliphatic imine (C=N–C) groups is 1. The van der Waals surface area contributed by atoms with E-state index in [9.17, 15) is 4.79 Å². The van der Waals surface area contributed by atoms with E-state index in [0.29, 0.717) is 12.0 Å². The van der Waals surface area contributed by atoms with Gasteiger partial charge in [-0.3, -0.25) is 9.79 Å². The van der Waals surface area contributed by atoms with Crippen molar-refractivity contribution < 1.29 is 14.3 Å². The Kier molecular flexibility index (Phi) is 4.98. The smallest absolute Gasteiger partial charge is 0.196 e. The number of ether oxygens (including phenoxy) is 2. The molecule has 0 saturated carbocycles. The van der Waals surface area contributed by atoms with Crippen LogP contribution in [0.4, 0.5) is 0 Å². The van der Waals surface area contributed by atoms with Gasteiger partial charge in [-0.25, -0.2) is 0 Å². The van der Waals surface area contributed by atoms with Gasteiger partial charge in [0.25, 0.3) is 0 Å². The number of hydrogen-bond acceptors (Lipinski definition) is 4. The second kappa shape index (κ2) is 6.58. The summed E-state index contributed by atoms with van der Waals surface area (Å²) >= 11 is 0. The van der Waals surface area contributed by atoms with Crippen molar-refractivity contribution in [1.29, 1.82) is 0 Å². The lowest BCUT2D eigenvalue weighted by atomic mass is 9.86. The minimum absolute atomic E-state index is 0.0926. The molecule has 2 rings (SSSR count). The standard InChI is InChI=1S/C17H24N2O3/c1-6-14(20)11-7-12(18-10-11)8-15-17(2,3)9-13(19-15)16(21-4)22-5/h7-8,10,16,18H,6,9H2,1-5H3/b15-8-. The number of carbonyl (C=O) groups is 1. The first-order valence-corrected chi connectivity index (χ1v) is 7.48. The predicted octanol–water partition coefficient (Wildman–Crippen LogP) is 3.44. The Labute approximate surface area is 131 Å². The molecule has 0 amide bonds. The fourth-order valence-electron chi connectivity index (χ4n) is 2.63. The number of carbonyl (C=O) groups excluding carboxylic acids is 1. The van der Waals surface area contributed by atoms with Gasteiger partial charge in [0.2, 0.25) is 0 Å². The molecule has 0 radical (unpaired) electrons. The Morgan fingerprint density at radius 1 is 1.45 bits per heavy atom. The summed E-state index contributed by atoms with van der Waals surface area (Å²) in [7, 11) is 3.22. The van der Waals surface area contributed by atoms with Gasteiger partial charge in [0.05, 0.1) is 5.71 Å². The lowest BCUT2D eigenvalue weighted by Crippen LogP contribution is -2.25. The van der Waals surface area contributed by atoms with Crippen LogP contribution >= 0.6 is 0 Å². The molecule has 0 fully saturated rings. The molecule has 120 valence electrons. The fourth-order valence-corrected chi connectivity index (χ4v) is 2.63. The van der Waals surface area contributed by atoms with Gasteiger partial charge < -0.3 is 14.5 Å². The molecule has 0 bridgehead atoms.